The Balaban J connectivity index is 1.24. The Morgan fingerprint density at radius 1 is 0.946 bits per heavy atom. The van der Waals surface area contributed by atoms with Crippen molar-refractivity contribution in [2.45, 2.75) is 23.7 Å². The molecule has 1 amide bonds. The number of sulfonamides is 1. The molecule has 1 saturated heterocycles. The van der Waals surface area contributed by atoms with Crippen molar-refractivity contribution in [2.24, 2.45) is 0 Å². The molecule has 190 valence electrons. The predicted octanol–water partition coefficient (Wildman–Crippen LogP) is 4.17. The van der Waals surface area contributed by atoms with Gasteiger partial charge in [0, 0.05) is 24.7 Å². The topological polar surface area (TPSA) is 121 Å². The van der Waals surface area contributed by atoms with Gasteiger partial charge in [-0.1, -0.05) is 24.3 Å². The quantitative estimate of drug-likeness (QED) is 0.370. The van der Waals surface area contributed by atoms with Crippen molar-refractivity contribution in [3.8, 4) is 0 Å². The molecular formula is C27H26N4O5S. The van der Waals surface area contributed by atoms with E-state index in [0.29, 0.717) is 31.6 Å². The van der Waals surface area contributed by atoms with Crippen LogP contribution in [0.25, 0.3) is 11.0 Å². The number of esters is 1. The first-order chi connectivity index (χ1) is 17.9. The minimum atomic E-state index is -3.68. The van der Waals surface area contributed by atoms with Crippen LogP contribution in [0.4, 0.5) is 5.69 Å². The van der Waals surface area contributed by atoms with Gasteiger partial charge in [-0.25, -0.2) is 18.2 Å². The average Bonchev–Trinajstić information content (AvgIpc) is 3.37. The van der Waals surface area contributed by atoms with Gasteiger partial charge in [0.15, 0.2) is 0 Å². The molecule has 1 aliphatic heterocycles. The summed E-state index contributed by atoms with van der Waals surface area (Å²) in [5, 5.41) is 2.71. The normalized spacial score (nSPS) is 14.9. The Morgan fingerprint density at radius 2 is 1.59 bits per heavy atom. The fourth-order valence-corrected chi connectivity index (χ4v) is 6.03. The van der Waals surface area contributed by atoms with Gasteiger partial charge >= 0.3 is 5.97 Å². The number of benzene rings is 3. The number of ether oxygens (including phenoxy) is 1. The minimum Gasteiger partial charge on any atom is -0.465 e. The molecule has 0 atom stereocenters. The van der Waals surface area contributed by atoms with E-state index in [9.17, 15) is 18.0 Å². The Morgan fingerprint density at radius 3 is 2.27 bits per heavy atom. The molecule has 1 aliphatic rings. The number of nitrogens with zero attached hydrogens (tertiary/aromatic N) is 2. The smallest absolute Gasteiger partial charge is 0.338 e. The fourth-order valence-electron chi connectivity index (χ4n) is 4.56. The number of fused-ring (bicyclic) bond motifs is 1. The molecule has 1 aromatic heterocycles. The second-order valence-electron chi connectivity index (χ2n) is 8.83. The van der Waals surface area contributed by atoms with Crippen molar-refractivity contribution < 1.29 is 22.7 Å². The number of imidazole rings is 1. The van der Waals surface area contributed by atoms with Gasteiger partial charge in [0.05, 0.1) is 34.2 Å². The van der Waals surface area contributed by atoms with Crippen LogP contribution in [-0.4, -0.2) is 54.8 Å². The molecule has 37 heavy (non-hydrogen) atoms. The Kier molecular flexibility index (Phi) is 6.77. The Labute approximate surface area is 214 Å². The van der Waals surface area contributed by atoms with Crippen LogP contribution in [-0.2, 0) is 14.8 Å². The third kappa shape index (κ3) is 4.98. The highest BCUT2D eigenvalue weighted by atomic mass is 32.2. The lowest BCUT2D eigenvalue weighted by Crippen LogP contribution is -2.38. The number of piperidine rings is 1. The number of methoxy groups -OCH3 is 1. The maximum atomic E-state index is 13.2. The van der Waals surface area contributed by atoms with Crippen LogP contribution < -0.4 is 5.32 Å². The fraction of sp³-hybridized carbons (Fsp3) is 0.222. The van der Waals surface area contributed by atoms with E-state index in [2.05, 4.69) is 15.3 Å². The maximum absolute atomic E-state index is 13.2. The second-order valence-corrected chi connectivity index (χ2v) is 10.8. The van der Waals surface area contributed by atoms with Crippen LogP contribution in [0, 0.1) is 0 Å². The number of aromatic nitrogens is 2. The van der Waals surface area contributed by atoms with E-state index in [-0.39, 0.29) is 21.9 Å². The minimum absolute atomic E-state index is 0.146. The molecule has 0 spiro atoms. The van der Waals surface area contributed by atoms with Gasteiger partial charge in [0.25, 0.3) is 5.91 Å². The molecule has 1 fully saturated rings. The van der Waals surface area contributed by atoms with Crippen LogP contribution in [0.1, 0.15) is 45.3 Å². The van der Waals surface area contributed by atoms with E-state index in [0.717, 1.165) is 16.9 Å². The largest absolute Gasteiger partial charge is 0.465 e. The summed E-state index contributed by atoms with van der Waals surface area (Å²) in [6.07, 6.45) is 1.35. The Hall–Kier alpha value is -4.02. The highest BCUT2D eigenvalue weighted by molar-refractivity contribution is 7.89. The summed E-state index contributed by atoms with van der Waals surface area (Å²) in [5.41, 5.74) is 2.61. The SMILES string of the molecule is COC(=O)c1ccccc1C(=O)Nc1ccc(S(=O)(=O)N2CCC(c3nc4ccccc4[nH]3)CC2)cc1. The molecule has 4 aromatic rings. The molecule has 0 bridgehead atoms. The van der Waals surface area contributed by atoms with Crippen LogP contribution in [0.5, 0.6) is 0 Å². The Bertz CT molecular complexity index is 1520. The van der Waals surface area contributed by atoms with Crippen LogP contribution >= 0.6 is 0 Å². The third-order valence-electron chi connectivity index (χ3n) is 6.58. The highest BCUT2D eigenvalue weighted by Crippen LogP contribution is 2.30. The summed E-state index contributed by atoms with van der Waals surface area (Å²) in [6, 6.07) is 20.2. The number of aromatic amines is 1. The number of anilines is 1. The number of rotatable bonds is 6. The van der Waals surface area contributed by atoms with E-state index in [1.807, 2.05) is 24.3 Å². The van der Waals surface area contributed by atoms with Gasteiger partial charge in [0.2, 0.25) is 10.0 Å². The summed E-state index contributed by atoms with van der Waals surface area (Å²) in [5.74, 6) is -0.0445. The lowest BCUT2D eigenvalue weighted by Gasteiger charge is -2.30. The second kappa shape index (κ2) is 10.2. The molecular weight excluding hydrogens is 492 g/mol. The maximum Gasteiger partial charge on any atom is 0.338 e. The van der Waals surface area contributed by atoms with Crippen molar-refractivity contribution in [3.05, 3.63) is 89.7 Å². The number of nitrogens with one attached hydrogen (secondary N) is 2. The first-order valence-corrected chi connectivity index (χ1v) is 13.3. The summed E-state index contributed by atoms with van der Waals surface area (Å²) in [7, 11) is -2.43. The molecule has 5 rings (SSSR count). The number of amides is 1. The molecule has 0 saturated carbocycles. The molecule has 0 aliphatic carbocycles. The summed E-state index contributed by atoms with van der Waals surface area (Å²) in [6.45, 7) is 0.791. The van der Waals surface area contributed by atoms with Crippen molar-refractivity contribution in [2.75, 3.05) is 25.5 Å². The van der Waals surface area contributed by atoms with E-state index >= 15 is 0 Å². The van der Waals surface area contributed by atoms with Crippen molar-refractivity contribution in [1.82, 2.24) is 14.3 Å². The molecule has 3 aromatic carbocycles. The zero-order valence-electron chi connectivity index (χ0n) is 20.2. The zero-order valence-corrected chi connectivity index (χ0v) is 21.0. The molecule has 2 heterocycles. The number of carbonyl (C=O) groups is 2. The average molecular weight is 519 g/mol. The van der Waals surface area contributed by atoms with Gasteiger partial charge in [0.1, 0.15) is 5.82 Å². The molecule has 0 unspecified atom stereocenters. The lowest BCUT2D eigenvalue weighted by molar-refractivity contribution is 0.0597. The van der Waals surface area contributed by atoms with Crippen molar-refractivity contribution in [1.29, 1.82) is 0 Å². The number of carbonyl (C=O) groups excluding carboxylic acids is 2. The van der Waals surface area contributed by atoms with Gasteiger partial charge in [-0.15, -0.1) is 0 Å². The van der Waals surface area contributed by atoms with Crippen LogP contribution in [0.2, 0.25) is 0 Å². The first kappa shape index (κ1) is 24.7. The van der Waals surface area contributed by atoms with Gasteiger partial charge in [-0.3, -0.25) is 4.79 Å². The van der Waals surface area contributed by atoms with E-state index < -0.39 is 21.9 Å². The van der Waals surface area contributed by atoms with Crippen LogP contribution in [0.3, 0.4) is 0 Å². The van der Waals surface area contributed by atoms with Crippen molar-refractivity contribution in [3.63, 3.8) is 0 Å². The zero-order chi connectivity index (χ0) is 26.0. The van der Waals surface area contributed by atoms with E-state index in [4.69, 9.17) is 4.74 Å². The number of H-pyrrole nitrogens is 1. The van der Waals surface area contributed by atoms with Gasteiger partial charge < -0.3 is 15.0 Å². The lowest BCUT2D eigenvalue weighted by atomic mass is 9.97. The van der Waals surface area contributed by atoms with E-state index in [1.165, 1.54) is 47.8 Å². The molecule has 0 radical (unpaired) electrons. The summed E-state index contributed by atoms with van der Waals surface area (Å²) >= 11 is 0. The van der Waals surface area contributed by atoms with E-state index in [1.54, 1.807) is 12.1 Å². The van der Waals surface area contributed by atoms with Crippen LogP contribution in [0.15, 0.2) is 77.7 Å². The standard InChI is InChI=1S/C27H26N4O5S/c1-36-27(33)22-7-3-2-6-21(22)26(32)28-19-10-12-20(13-11-19)37(34,35)31-16-14-18(15-17-31)25-29-23-8-4-5-9-24(23)30-25/h2-13,18H,14-17H2,1H3,(H,28,32)(H,29,30). The monoisotopic (exact) mass is 518 g/mol. The van der Waals surface area contributed by atoms with Crippen molar-refractivity contribution >= 4 is 38.6 Å². The third-order valence-corrected chi connectivity index (χ3v) is 8.49. The highest BCUT2D eigenvalue weighted by Gasteiger charge is 2.31. The molecule has 10 heteroatoms. The summed E-state index contributed by atoms with van der Waals surface area (Å²) < 4.78 is 32.7. The molecule has 9 nitrogen and oxygen atoms in total. The molecule has 2 N–H and O–H groups in total. The number of para-hydroxylation sites is 2. The number of hydrogen-bond donors (Lipinski definition) is 2. The van der Waals surface area contributed by atoms with Gasteiger partial charge in [-0.05, 0) is 61.4 Å². The van der Waals surface area contributed by atoms with Gasteiger partial charge in [-0.2, -0.15) is 4.31 Å². The number of hydrogen-bond acceptors (Lipinski definition) is 6. The summed E-state index contributed by atoms with van der Waals surface area (Å²) in [4.78, 5) is 32.9. The first-order valence-electron chi connectivity index (χ1n) is 11.9. The predicted molar refractivity (Wildman–Crippen MR) is 139 cm³/mol.